The van der Waals surface area contributed by atoms with Crippen molar-refractivity contribution in [1.29, 1.82) is 0 Å². The van der Waals surface area contributed by atoms with Gasteiger partial charge in [0.2, 0.25) is 0 Å². The second-order valence-corrected chi connectivity index (χ2v) is 15.0. The number of allylic oxidation sites excluding steroid dienone is 2. The molecule has 0 aromatic carbocycles. The first-order valence-electron chi connectivity index (χ1n) is 18.4. The predicted molar refractivity (Wildman–Crippen MR) is 185 cm³/mol. The van der Waals surface area contributed by atoms with Crippen molar-refractivity contribution in [3.8, 4) is 0 Å². The molecule has 0 aliphatic carbocycles. The van der Waals surface area contributed by atoms with Crippen molar-refractivity contribution >= 4 is 19.8 Å². The van der Waals surface area contributed by atoms with Gasteiger partial charge in [0.25, 0.3) is 7.82 Å². The maximum Gasteiger partial charge on any atom is 0.306 e. The van der Waals surface area contributed by atoms with Gasteiger partial charge in [-0.15, -0.1) is 0 Å². The molecule has 0 N–H and O–H groups in total. The summed E-state index contributed by atoms with van der Waals surface area (Å²) in [6.07, 6.45) is 27.5. The molecular weight excluding hydrogens is 605 g/mol. The molecule has 0 aliphatic rings. The number of hydrogen-bond acceptors (Lipinski definition) is 8. The molecule has 0 aromatic heterocycles. The SMILES string of the molecule is CCCCCCCC/C=C\CCCCCCCCCCCC(=O)OC(COC(=O)CCCCC)COP(=O)([O-])OCC[N+](C)(C)C. The quantitative estimate of drug-likeness (QED) is 0.0223. The number of esters is 2. The van der Waals surface area contributed by atoms with E-state index in [0.717, 1.165) is 32.1 Å². The number of unbranched alkanes of at least 4 members (excludes halogenated alkanes) is 17. The molecule has 10 heteroatoms. The van der Waals surface area contributed by atoms with E-state index in [4.69, 9.17) is 18.5 Å². The van der Waals surface area contributed by atoms with E-state index in [1.165, 1.54) is 83.5 Å². The summed E-state index contributed by atoms with van der Waals surface area (Å²) >= 11 is 0. The number of likely N-dealkylation sites (N-methyl/N-ethyl adjacent to an activating group) is 1. The molecule has 0 aliphatic heterocycles. The van der Waals surface area contributed by atoms with E-state index in [1.807, 2.05) is 28.1 Å². The normalized spacial score (nSPS) is 14.0. The lowest BCUT2D eigenvalue weighted by Gasteiger charge is -2.28. The lowest BCUT2D eigenvalue weighted by molar-refractivity contribution is -0.870. The van der Waals surface area contributed by atoms with Gasteiger partial charge in [0.15, 0.2) is 6.10 Å². The van der Waals surface area contributed by atoms with Crippen LogP contribution in [-0.4, -0.2) is 70.0 Å². The molecule has 272 valence electrons. The topological polar surface area (TPSA) is 111 Å². The Kier molecular flexibility index (Phi) is 29.0. The molecular formula is C36H70NO8P. The van der Waals surface area contributed by atoms with Crippen molar-refractivity contribution in [3.05, 3.63) is 12.2 Å². The van der Waals surface area contributed by atoms with Gasteiger partial charge >= 0.3 is 11.9 Å². The van der Waals surface area contributed by atoms with E-state index in [-0.39, 0.29) is 26.1 Å². The third kappa shape index (κ3) is 32.7. The van der Waals surface area contributed by atoms with Gasteiger partial charge < -0.3 is 27.9 Å². The molecule has 2 atom stereocenters. The number of nitrogens with zero attached hydrogens (tertiary/aromatic N) is 1. The monoisotopic (exact) mass is 675 g/mol. The van der Waals surface area contributed by atoms with Crippen molar-refractivity contribution in [3.63, 3.8) is 0 Å². The molecule has 9 nitrogen and oxygen atoms in total. The Morgan fingerprint density at radius 2 is 1.11 bits per heavy atom. The van der Waals surface area contributed by atoms with Crippen LogP contribution in [0.2, 0.25) is 0 Å². The highest BCUT2D eigenvalue weighted by Gasteiger charge is 2.21. The lowest BCUT2D eigenvalue weighted by Crippen LogP contribution is -2.37. The second-order valence-electron chi connectivity index (χ2n) is 13.6. The molecule has 0 bridgehead atoms. The summed E-state index contributed by atoms with van der Waals surface area (Å²) in [7, 11) is 1.16. The molecule has 0 fully saturated rings. The first-order chi connectivity index (χ1) is 22.0. The van der Waals surface area contributed by atoms with Crippen molar-refractivity contribution in [2.75, 3.05) is 47.5 Å². The van der Waals surface area contributed by atoms with Crippen LogP contribution in [0.1, 0.15) is 155 Å². The van der Waals surface area contributed by atoms with Crippen molar-refractivity contribution in [1.82, 2.24) is 0 Å². The number of carbonyl (C=O) groups is 2. The zero-order valence-corrected chi connectivity index (χ0v) is 31.2. The van der Waals surface area contributed by atoms with Crippen LogP contribution in [-0.2, 0) is 32.7 Å². The highest BCUT2D eigenvalue weighted by atomic mass is 31.2. The highest BCUT2D eigenvalue weighted by Crippen LogP contribution is 2.38. The first kappa shape index (κ1) is 44.8. The molecule has 0 rings (SSSR count). The molecule has 0 saturated heterocycles. The number of phosphoric ester groups is 1. The Bertz CT molecular complexity index is 814. The average molecular weight is 676 g/mol. The molecule has 0 aromatic rings. The molecule has 0 spiro atoms. The fourth-order valence-corrected chi connectivity index (χ4v) is 5.55. The van der Waals surface area contributed by atoms with E-state index < -0.39 is 32.5 Å². The Morgan fingerprint density at radius 1 is 0.652 bits per heavy atom. The number of phosphoric acid groups is 1. The van der Waals surface area contributed by atoms with Crippen molar-refractivity contribution in [2.24, 2.45) is 0 Å². The molecule has 2 unspecified atom stereocenters. The first-order valence-corrected chi connectivity index (χ1v) is 19.9. The smallest absolute Gasteiger partial charge is 0.306 e. The number of hydrogen-bond donors (Lipinski definition) is 0. The summed E-state index contributed by atoms with van der Waals surface area (Å²) in [6, 6.07) is 0. The van der Waals surface area contributed by atoms with Gasteiger partial charge in [-0.2, -0.15) is 0 Å². The Balaban J connectivity index is 4.14. The predicted octanol–water partition coefficient (Wildman–Crippen LogP) is 8.83. The highest BCUT2D eigenvalue weighted by molar-refractivity contribution is 7.45. The Labute approximate surface area is 282 Å². The lowest BCUT2D eigenvalue weighted by atomic mass is 10.1. The summed E-state index contributed by atoms with van der Waals surface area (Å²) in [5.41, 5.74) is 0. The van der Waals surface area contributed by atoms with Gasteiger partial charge in [0.05, 0.1) is 27.7 Å². The van der Waals surface area contributed by atoms with Gasteiger partial charge in [-0.1, -0.05) is 116 Å². The van der Waals surface area contributed by atoms with Gasteiger partial charge in [-0.05, 0) is 38.5 Å². The van der Waals surface area contributed by atoms with E-state index in [9.17, 15) is 19.0 Å². The zero-order chi connectivity index (χ0) is 34.4. The van der Waals surface area contributed by atoms with E-state index >= 15 is 0 Å². The minimum Gasteiger partial charge on any atom is -0.756 e. The fourth-order valence-electron chi connectivity index (χ4n) is 4.82. The van der Waals surface area contributed by atoms with E-state index in [2.05, 4.69) is 19.1 Å². The van der Waals surface area contributed by atoms with Crippen molar-refractivity contribution in [2.45, 2.75) is 161 Å². The molecule has 0 saturated carbocycles. The number of ether oxygens (including phenoxy) is 2. The van der Waals surface area contributed by atoms with E-state index in [1.54, 1.807) is 0 Å². The molecule has 0 radical (unpaired) electrons. The Morgan fingerprint density at radius 3 is 1.65 bits per heavy atom. The van der Waals surface area contributed by atoms with Crippen LogP contribution in [0.3, 0.4) is 0 Å². The average Bonchev–Trinajstić information content (AvgIpc) is 2.99. The minimum atomic E-state index is -4.60. The van der Waals surface area contributed by atoms with Crippen LogP contribution >= 0.6 is 7.82 Å². The van der Waals surface area contributed by atoms with E-state index in [0.29, 0.717) is 23.9 Å². The molecule has 46 heavy (non-hydrogen) atoms. The third-order valence-corrected chi connectivity index (χ3v) is 8.75. The van der Waals surface area contributed by atoms with Crippen LogP contribution < -0.4 is 4.89 Å². The van der Waals surface area contributed by atoms with Gasteiger partial charge in [-0.3, -0.25) is 14.2 Å². The van der Waals surface area contributed by atoms with Crippen LogP contribution in [0.4, 0.5) is 0 Å². The number of rotatable bonds is 33. The minimum absolute atomic E-state index is 0.0296. The maximum absolute atomic E-state index is 12.5. The van der Waals surface area contributed by atoms with Gasteiger partial charge in [0.1, 0.15) is 19.8 Å². The van der Waals surface area contributed by atoms with Gasteiger partial charge in [0, 0.05) is 12.8 Å². The van der Waals surface area contributed by atoms with Crippen molar-refractivity contribution < 1.29 is 42.1 Å². The summed E-state index contributed by atoms with van der Waals surface area (Å²) in [4.78, 5) is 36.8. The fraction of sp³-hybridized carbons (Fsp3) is 0.889. The van der Waals surface area contributed by atoms with Crippen LogP contribution in [0.25, 0.3) is 0 Å². The summed E-state index contributed by atoms with van der Waals surface area (Å²) < 4.78 is 33.4. The van der Waals surface area contributed by atoms with Gasteiger partial charge in [-0.25, -0.2) is 0 Å². The summed E-state index contributed by atoms with van der Waals surface area (Å²) in [6.45, 7) is 4.02. The standard InChI is InChI=1S/C36H70NO8P/c1-6-8-10-11-12-13-14-15-16-17-18-19-20-21-22-23-24-25-27-29-36(39)45-34(32-42-35(38)28-26-9-7-2)33-44-46(40,41)43-31-30-37(3,4)5/h15-16,34H,6-14,17-33H2,1-5H3/b16-15-. The van der Waals surface area contributed by atoms with Crippen LogP contribution in [0.15, 0.2) is 12.2 Å². The summed E-state index contributed by atoms with van der Waals surface area (Å²) in [5.74, 6) is -0.863. The maximum atomic E-state index is 12.5. The molecule has 0 amide bonds. The second kappa shape index (κ2) is 29.9. The number of quaternary nitrogens is 1. The summed E-state index contributed by atoms with van der Waals surface area (Å²) in [5, 5.41) is 0. The van der Waals surface area contributed by atoms with Crippen LogP contribution in [0, 0.1) is 0 Å². The van der Waals surface area contributed by atoms with Crippen LogP contribution in [0.5, 0.6) is 0 Å². The number of carbonyl (C=O) groups excluding carboxylic acids is 2. The molecule has 0 heterocycles. The third-order valence-electron chi connectivity index (χ3n) is 7.79. The zero-order valence-electron chi connectivity index (χ0n) is 30.3. The Hall–Kier alpha value is -1.25. The largest absolute Gasteiger partial charge is 0.756 e.